The van der Waals surface area contributed by atoms with Gasteiger partial charge >= 0.3 is 0 Å². The number of nitrogens with zero attached hydrogens (tertiary/aromatic N) is 3. The molecule has 43 heavy (non-hydrogen) atoms. The monoisotopic (exact) mass is 603 g/mol. The van der Waals surface area contributed by atoms with E-state index in [1.807, 2.05) is 56.3 Å². The number of morpholine rings is 1. The molecule has 1 aromatic heterocycles. The summed E-state index contributed by atoms with van der Waals surface area (Å²) in [7, 11) is -3.39. The molecule has 1 fully saturated rings. The molecular weight excluding hydrogens is 566 g/mol. The van der Waals surface area contributed by atoms with Crippen LogP contribution in [0.3, 0.4) is 0 Å². The molecule has 0 aliphatic carbocycles. The summed E-state index contributed by atoms with van der Waals surface area (Å²) < 4.78 is 32.9. The molecule has 2 N–H and O–H groups in total. The zero-order chi connectivity index (χ0) is 30.7. The van der Waals surface area contributed by atoms with Gasteiger partial charge in [-0.25, -0.2) is 13.4 Å². The first-order valence-corrected chi connectivity index (χ1v) is 16.1. The number of fused-ring (bicyclic) bond motifs is 1. The van der Waals surface area contributed by atoms with Gasteiger partial charge in [0.05, 0.1) is 42.7 Å². The van der Waals surface area contributed by atoms with Gasteiger partial charge in [0.25, 0.3) is 5.56 Å². The lowest BCUT2D eigenvalue weighted by molar-refractivity contribution is -0.124. The molecule has 0 saturated carbocycles. The van der Waals surface area contributed by atoms with Crippen molar-refractivity contribution < 1.29 is 17.9 Å². The standard InChI is InChI=1S/C32H37N5O5S/c1-21-16-28-30(17-22(21)2)37(31(38)19-33-28)23(3)32(39)34-29(20-36-12-14-42-15-13-36)25-10-8-24(9-11-25)26-6-5-7-27(18-26)35-43(4,40)41/h5-11,16-19,23,29,35H,12-15,20H2,1-4H3,(H,34,39). The number of carbonyl (C=O) groups is 1. The van der Waals surface area contributed by atoms with Crippen LogP contribution >= 0.6 is 0 Å². The zero-order valence-electron chi connectivity index (χ0n) is 24.8. The topological polar surface area (TPSA) is 123 Å². The van der Waals surface area contributed by atoms with Crippen LogP contribution < -0.4 is 15.6 Å². The van der Waals surface area contributed by atoms with E-state index in [0.29, 0.717) is 36.5 Å². The third-order valence-electron chi connectivity index (χ3n) is 7.84. The smallest absolute Gasteiger partial charge is 0.270 e. The molecule has 2 atom stereocenters. The van der Waals surface area contributed by atoms with Gasteiger partial charge in [0.2, 0.25) is 15.9 Å². The normalized spacial score (nSPS) is 15.6. The summed E-state index contributed by atoms with van der Waals surface area (Å²) >= 11 is 0. The third-order valence-corrected chi connectivity index (χ3v) is 8.45. The fraction of sp³-hybridized carbons (Fsp3) is 0.344. The van der Waals surface area contributed by atoms with Crippen molar-refractivity contribution in [3.63, 3.8) is 0 Å². The van der Waals surface area contributed by atoms with Gasteiger partial charge in [0.1, 0.15) is 6.04 Å². The second kappa shape index (κ2) is 12.7. The maximum atomic E-state index is 13.8. The number of benzene rings is 3. The van der Waals surface area contributed by atoms with Gasteiger partial charge in [-0.05, 0) is 72.9 Å². The molecule has 10 nitrogen and oxygen atoms in total. The number of ether oxygens (including phenoxy) is 1. The average Bonchev–Trinajstić information content (AvgIpc) is 2.97. The largest absolute Gasteiger partial charge is 0.379 e. The number of amides is 1. The van der Waals surface area contributed by atoms with Gasteiger partial charge in [-0.3, -0.25) is 23.8 Å². The van der Waals surface area contributed by atoms with Crippen molar-refractivity contribution in [1.29, 1.82) is 0 Å². The van der Waals surface area contributed by atoms with Crippen LogP contribution in [-0.4, -0.2) is 67.9 Å². The Hall–Kier alpha value is -4.06. The summed E-state index contributed by atoms with van der Waals surface area (Å²) in [6, 6.07) is 17.8. The molecule has 1 aliphatic heterocycles. The molecule has 3 aromatic carbocycles. The van der Waals surface area contributed by atoms with E-state index in [2.05, 4.69) is 19.9 Å². The van der Waals surface area contributed by atoms with Crippen molar-refractivity contribution in [2.45, 2.75) is 32.9 Å². The van der Waals surface area contributed by atoms with E-state index in [0.717, 1.165) is 47.2 Å². The Balaban J connectivity index is 1.42. The van der Waals surface area contributed by atoms with Crippen LogP contribution in [-0.2, 0) is 19.6 Å². The lowest BCUT2D eigenvalue weighted by atomic mass is 9.99. The van der Waals surface area contributed by atoms with Crippen LogP contribution in [0.15, 0.2) is 71.7 Å². The van der Waals surface area contributed by atoms with Crippen molar-refractivity contribution in [2.75, 3.05) is 43.8 Å². The summed E-state index contributed by atoms with van der Waals surface area (Å²) in [4.78, 5) is 33.3. The first kappa shape index (κ1) is 30.4. The van der Waals surface area contributed by atoms with Crippen LogP contribution in [0.25, 0.3) is 22.2 Å². The SMILES string of the molecule is Cc1cc2ncc(=O)n(C(C)C(=O)NC(CN3CCOCC3)c3ccc(-c4cccc(NS(C)(=O)=O)c4)cc3)c2cc1C. The van der Waals surface area contributed by atoms with E-state index < -0.39 is 16.1 Å². The average molecular weight is 604 g/mol. The zero-order valence-corrected chi connectivity index (χ0v) is 25.6. The fourth-order valence-electron chi connectivity index (χ4n) is 5.36. The second-order valence-corrected chi connectivity index (χ2v) is 12.9. The number of hydrogen-bond donors (Lipinski definition) is 2. The lowest BCUT2D eigenvalue weighted by Gasteiger charge is -2.32. The minimum Gasteiger partial charge on any atom is -0.379 e. The molecule has 1 saturated heterocycles. The van der Waals surface area contributed by atoms with E-state index in [1.54, 1.807) is 25.1 Å². The van der Waals surface area contributed by atoms with Crippen LogP contribution in [0, 0.1) is 13.8 Å². The van der Waals surface area contributed by atoms with Gasteiger partial charge in [0.15, 0.2) is 0 Å². The van der Waals surface area contributed by atoms with Crippen LogP contribution in [0.2, 0.25) is 0 Å². The fourth-order valence-corrected chi connectivity index (χ4v) is 5.91. The van der Waals surface area contributed by atoms with Gasteiger partial charge in [-0.1, -0.05) is 36.4 Å². The van der Waals surface area contributed by atoms with Gasteiger partial charge in [-0.15, -0.1) is 0 Å². The summed E-state index contributed by atoms with van der Waals surface area (Å²) in [5.74, 6) is -0.269. The summed E-state index contributed by atoms with van der Waals surface area (Å²) in [5, 5.41) is 3.21. The lowest BCUT2D eigenvalue weighted by Crippen LogP contribution is -2.45. The molecule has 4 aromatic rings. The van der Waals surface area contributed by atoms with Crippen molar-refractivity contribution in [1.82, 2.24) is 19.8 Å². The number of rotatable bonds is 9. The number of hydrogen-bond acceptors (Lipinski definition) is 7. The third kappa shape index (κ3) is 7.30. The van der Waals surface area contributed by atoms with Crippen molar-refractivity contribution in [3.8, 4) is 11.1 Å². The quantitative estimate of drug-likeness (QED) is 0.298. The highest BCUT2D eigenvalue weighted by Crippen LogP contribution is 2.26. The molecule has 0 bridgehead atoms. The van der Waals surface area contributed by atoms with E-state index >= 15 is 0 Å². The molecule has 0 spiro atoms. The maximum absolute atomic E-state index is 13.8. The highest BCUT2D eigenvalue weighted by atomic mass is 32.2. The predicted molar refractivity (Wildman–Crippen MR) is 169 cm³/mol. The van der Waals surface area contributed by atoms with Crippen LogP contribution in [0.4, 0.5) is 5.69 Å². The Morgan fingerprint density at radius 1 is 1.00 bits per heavy atom. The molecule has 2 heterocycles. The summed E-state index contributed by atoms with van der Waals surface area (Å²) in [6.45, 7) is 9.06. The Morgan fingerprint density at radius 2 is 1.70 bits per heavy atom. The Labute approximate surface area is 251 Å². The molecular formula is C32H37N5O5S. The number of aromatic nitrogens is 2. The number of carbonyl (C=O) groups excluding carboxylic acids is 1. The van der Waals surface area contributed by atoms with E-state index in [1.165, 1.54) is 10.8 Å². The second-order valence-electron chi connectivity index (χ2n) is 11.1. The summed E-state index contributed by atoms with van der Waals surface area (Å²) in [5.41, 5.74) is 6.21. The number of anilines is 1. The highest BCUT2D eigenvalue weighted by molar-refractivity contribution is 7.92. The van der Waals surface area contributed by atoms with Crippen molar-refractivity contribution in [2.24, 2.45) is 0 Å². The van der Waals surface area contributed by atoms with Crippen LogP contribution in [0.5, 0.6) is 0 Å². The Morgan fingerprint density at radius 3 is 2.40 bits per heavy atom. The predicted octanol–water partition coefficient (Wildman–Crippen LogP) is 3.80. The molecule has 1 amide bonds. The van der Waals surface area contributed by atoms with Crippen LogP contribution in [0.1, 0.15) is 35.7 Å². The van der Waals surface area contributed by atoms with E-state index in [4.69, 9.17) is 4.74 Å². The summed E-state index contributed by atoms with van der Waals surface area (Å²) in [6.07, 6.45) is 2.39. The first-order valence-electron chi connectivity index (χ1n) is 14.3. The maximum Gasteiger partial charge on any atom is 0.270 e. The van der Waals surface area contributed by atoms with Gasteiger partial charge in [0, 0.05) is 25.3 Å². The van der Waals surface area contributed by atoms with Gasteiger partial charge < -0.3 is 10.1 Å². The minimum atomic E-state index is -3.39. The molecule has 11 heteroatoms. The number of nitrogens with one attached hydrogen (secondary N) is 2. The minimum absolute atomic E-state index is 0.269. The molecule has 0 radical (unpaired) electrons. The molecule has 1 aliphatic rings. The molecule has 226 valence electrons. The number of sulfonamides is 1. The van der Waals surface area contributed by atoms with E-state index in [-0.39, 0.29) is 17.5 Å². The van der Waals surface area contributed by atoms with Crippen molar-refractivity contribution in [3.05, 3.63) is 93.9 Å². The first-order chi connectivity index (χ1) is 20.5. The Bertz CT molecular complexity index is 1800. The van der Waals surface area contributed by atoms with Crippen molar-refractivity contribution >= 4 is 32.7 Å². The number of aryl methyl sites for hydroxylation is 2. The highest BCUT2D eigenvalue weighted by Gasteiger charge is 2.25. The van der Waals surface area contributed by atoms with E-state index in [9.17, 15) is 18.0 Å². The molecule has 5 rings (SSSR count). The Kier molecular flexibility index (Phi) is 8.95. The molecule has 2 unspecified atom stereocenters. The van der Waals surface area contributed by atoms with Gasteiger partial charge in [-0.2, -0.15) is 0 Å².